The van der Waals surface area contributed by atoms with Crippen molar-refractivity contribution >= 4 is 23.3 Å². The Morgan fingerprint density at radius 3 is 2.44 bits per heavy atom. The van der Waals surface area contributed by atoms with Gasteiger partial charge in [0.2, 0.25) is 0 Å². The summed E-state index contributed by atoms with van der Waals surface area (Å²) in [6.45, 7) is 5.00. The first kappa shape index (κ1) is 20.7. The summed E-state index contributed by atoms with van der Waals surface area (Å²) in [5.74, 6) is -0.904. The van der Waals surface area contributed by atoms with Crippen molar-refractivity contribution in [3.8, 4) is 0 Å². The highest BCUT2D eigenvalue weighted by molar-refractivity contribution is 6.37. The van der Waals surface area contributed by atoms with Crippen LogP contribution in [0.5, 0.6) is 0 Å². The molecule has 0 amide bonds. The van der Waals surface area contributed by atoms with Crippen LogP contribution in [0, 0.1) is 0 Å². The van der Waals surface area contributed by atoms with Gasteiger partial charge >= 0.3 is 11.9 Å². The van der Waals surface area contributed by atoms with Crippen LogP contribution in [0.1, 0.15) is 46.0 Å². The largest absolute Gasteiger partial charge is 0.464 e. The zero-order chi connectivity index (χ0) is 19.5. The molecule has 0 aliphatic carbocycles. The van der Waals surface area contributed by atoms with E-state index in [1.54, 1.807) is 0 Å². The van der Waals surface area contributed by atoms with Crippen LogP contribution in [0.3, 0.4) is 0 Å². The van der Waals surface area contributed by atoms with E-state index in [0.717, 1.165) is 31.4 Å². The van der Waals surface area contributed by atoms with Gasteiger partial charge in [-0.15, -0.1) is 0 Å². The van der Waals surface area contributed by atoms with Gasteiger partial charge in [0.25, 0.3) is 0 Å². The van der Waals surface area contributed by atoms with E-state index in [9.17, 15) is 9.59 Å². The lowest BCUT2D eigenvalue weighted by atomic mass is 9.94. The molecule has 1 unspecified atom stereocenters. The molecule has 1 aromatic carbocycles. The molecule has 1 aliphatic heterocycles. The summed E-state index contributed by atoms with van der Waals surface area (Å²) < 4.78 is 10.6. The number of hydrazone groups is 1. The molecule has 0 aromatic heterocycles. The number of rotatable bonds is 11. The molecular weight excluding hydrogens is 346 g/mol. The zero-order valence-corrected chi connectivity index (χ0v) is 16.1. The van der Waals surface area contributed by atoms with Gasteiger partial charge < -0.3 is 14.8 Å². The highest BCUT2D eigenvalue weighted by Crippen LogP contribution is 2.22. The lowest BCUT2D eigenvalue weighted by Gasteiger charge is -2.27. The van der Waals surface area contributed by atoms with Gasteiger partial charge in [0.1, 0.15) is 5.71 Å². The fourth-order valence-corrected chi connectivity index (χ4v) is 2.60. The molecule has 2 N–H and O–H groups in total. The Hall–Kier alpha value is -2.57. The number of hydrogen-bond donors (Lipinski definition) is 2. The van der Waals surface area contributed by atoms with Crippen molar-refractivity contribution in [2.24, 2.45) is 5.10 Å². The number of esters is 2. The molecule has 1 aromatic rings. The monoisotopic (exact) mass is 375 g/mol. The normalized spacial score (nSPS) is 18.4. The van der Waals surface area contributed by atoms with Gasteiger partial charge in [0, 0.05) is 12.1 Å². The molecule has 148 valence electrons. The topological polar surface area (TPSA) is 89.0 Å². The molecule has 1 atom stereocenters. The van der Waals surface area contributed by atoms with Crippen LogP contribution in [-0.2, 0) is 19.1 Å². The van der Waals surface area contributed by atoms with Crippen LogP contribution in [0.25, 0.3) is 0 Å². The summed E-state index contributed by atoms with van der Waals surface area (Å²) in [5, 5.41) is 7.30. The Kier molecular flexibility index (Phi) is 8.10. The quantitative estimate of drug-likeness (QED) is 0.457. The molecule has 1 aliphatic rings. The minimum atomic E-state index is -1.12. The second-order valence-electron chi connectivity index (χ2n) is 6.63. The second-order valence-corrected chi connectivity index (χ2v) is 6.63. The first-order valence-corrected chi connectivity index (χ1v) is 9.58. The number of hydrogen-bond acceptors (Lipinski definition) is 7. The molecule has 0 saturated heterocycles. The highest BCUT2D eigenvalue weighted by Gasteiger charge is 2.46. The number of nitrogens with zero attached hydrogens (tertiary/aromatic N) is 1. The smallest absolute Gasteiger partial charge is 0.354 e. The molecule has 0 radical (unpaired) electrons. The van der Waals surface area contributed by atoms with Crippen molar-refractivity contribution in [3.05, 3.63) is 30.3 Å². The fourth-order valence-electron chi connectivity index (χ4n) is 2.60. The van der Waals surface area contributed by atoms with Crippen molar-refractivity contribution < 1.29 is 19.1 Å². The minimum absolute atomic E-state index is 0.128. The van der Waals surface area contributed by atoms with Crippen LogP contribution in [-0.4, -0.2) is 42.9 Å². The van der Waals surface area contributed by atoms with E-state index >= 15 is 0 Å². The number of nitrogens with one attached hydrogen (secondary N) is 2. The summed E-state index contributed by atoms with van der Waals surface area (Å²) in [4.78, 5) is 24.9. The Labute approximate surface area is 160 Å². The van der Waals surface area contributed by atoms with Crippen molar-refractivity contribution in [2.75, 3.05) is 25.1 Å². The number of anilines is 1. The molecule has 7 heteroatoms. The minimum Gasteiger partial charge on any atom is -0.464 e. The van der Waals surface area contributed by atoms with E-state index in [0.29, 0.717) is 13.2 Å². The predicted octanol–water partition coefficient (Wildman–Crippen LogP) is 2.87. The lowest BCUT2D eigenvalue weighted by molar-refractivity contribution is -0.150. The molecule has 7 nitrogen and oxygen atoms in total. The predicted molar refractivity (Wildman–Crippen MR) is 105 cm³/mol. The van der Waals surface area contributed by atoms with Gasteiger partial charge in [-0.05, 0) is 25.0 Å². The van der Waals surface area contributed by atoms with Crippen molar-refractivity contribution in [2.45, 2.75) is 51.5 Å². The van der Waals surface area contributed by atoms with Gasteiger partial charge in [-0.3, -0.25) is 5.43 Å². The maximum Gasteiger partial charge on any atom is 0.354 e. The van der Waals surface area contributed by atoms with Gasteiger partial charge in [-0.25, -0.2) is 9.59 Å². The molecule has 0 spiro atoms. The van der Waals surface area contributed by atoms with Gasteiger partial charge in [-0.1, -0.05) is 44.9 Å². The molecule has 2 rings (SSSR count). The Morgan fingerprint density at radius 2 is 1.78 bits per heavy atom. The lowest BCUT2D eigenvalue weighted by Crippen LogP contribution is -2.54. The van der Waals surface area contributed by atoms with E-state index < -0.39 is 17.5 Å². The Balaban J connectivity index is 2.02. The average Bonchev–Trinajstić information content (AvgIpc) is 3.13. The van der Waals surface area contributed by atoms with Gasteiger partial charge in [-0.2, -0.15) is 5.10 Å². The molecule has 0 saturated carbocycles. The fraction of sp³-hybridized carbons (Fsp3) is 0.550. The van der Waals surface area contributed by atoms with E-state index in [2.05, 4.69) is 15.8 Å². The number of unbranched alkanes of at least 4 members (excludes halogenated alkanes) is 2. The summed E-state index contributed by atoms with van der Waals surface area (Å²) in [6, 6.07) is 9.55. The summed E-state index contributed by atoms with van der Waals surface area (Å²) in [7, 11) is 0. The zero-order valence-electron chi connectivity index (χ0n) is 16.1. The van der Waals surface area contributed by atoms with Crippen LogP contribution in [0.4, 0.5) is 5.69 Å². The number of ether oxygens (including phenoxy) is 2. The standard InChI is InChI=1S/C20H29N3O4/c1-3-5-12-26-18(24)17-14-20(23-22-17,19(25)27-13-6-4-2)15-21-16-10-8-7-9-11-16/h7-11,21,23H,3-6,12-15H2,1-2H3. The Bertz CT molecular complexity index is 648. The number of para-hydroxylation sites is 1. The third kappa shape index (κ3) is 5.98. The third-order valence-electron chi connectivity index (χ3n) is 4.33. The van der Waals surface area contributed by atoms with Crippen molar-refractivity contribution in [3.63, 3.8) is 0 Å². The van der Waals surface area contributed by atoms with Crippen molar-refractivity contribution in [1.82, 2.24) is 5.43 Å². The summed E-state index contributed by atoms with van der Waals surface area (Å²) in [6.07, 6.45) is 3.59. The molecule has 0 fully saturated rings. The van der Waals surface area contributed by atoms with E-state index in [1.807, 2.05) is 44.2 Å². The van der Waals surface area contributed by atoms with E-state index in [4.69, 9.17) is 9.47 Å². The SMILES string of the molecule is CCCCOC(=O)C1=NNC(CNc2ccccc2)(C(=O)OCCCC)C1. The maximum atomic E-state index is 12.7. The van der Waals surface area contributed by atoms with Crippen LogP contribution >= 0.6 is 0 Å². The summed E-state index contributed by atoms with van der Waals surface area (Å²) in [5.41, 5.74) is 2.81. The number of benzene rings is 1. The van der Waals surface area contributed by atoms with Gasteiger partial charge in [0.15, 0.2) is 5.54 Å². The van der Waals surface area contributed by atoms with Crippen LogP contribution in [0.15, 0.2) is 35.4 Å². The first-order chi connectivity index (χ1) is 13.1. The van der Waals surface area contributed by atoms with Crippen LogP contribution in [0.2, 0.25) is 0 Å². The average molecular weight is 375 g/mol. The van der Waals surface area contributed by atoms with Crippen LogP contribution < -0.4 is 10.7 Å². The molecule has 1 heterocycles. The summed E-state index contributed by atoms with van der Waals surface area (Å²) >= 11 is 0. The molecular formula is C20H29N3O4. The van der Waals surface area contributed by atoms with E-state index in [-0.39, 0.29) is 18.7 Å². The van der Waals surface area contributed by atoms with Crippen molar-refractivity contribution in [1.29, 1.82) is 0 Å². The third-order valence-corrected chi connectivity index (χ3v) is 4.33. The second kappa shape index (κ2) is 10.5. The molecule has 27 heavy (non-hydrogen) atoms. The maximum absolute atomic E-state index is 12.7. The van der Waals surface area contributed by atoms with E-state index in [1.165, 1.54) is 0 Å². The Morgan fingerprint density at radius 1 is 1.11 bits per heavy atom. The molecule has 0 bridgehead atoms. The number of carbonyl (C=O) groups excluding carboxylic acids is 2. The van der Waals surface area contributed by atoms with Gasteiger partial charge in [0.05, 0.1) is 19.8 Å². The highest BCUT2D eigenvalue weighted by atomic mass is 16.5. The number of carbonyl (C=O) groups is 2. The first-order valence-electron chi connectivity index (χ1n) is 9.58.